The molecule has 4 rings (SSSR count). The minimum absolute atomic E-state index is 0.259. The van der Waals surface area contributed by atoms with E-state index in [2.05, 4.69) is 22.2 Å². The maximum absolute atomic E-state index is 12.6. The molecular weight excluding hydrogens is 336 g/mol. The number of amides is 2. The number of fused-ring (bicyclic) bond motifs is 2. The summed E-state index contributed by atoms with van der Waals surface area (Å²) in [5, 5.41) is 3.44. The number of primary amides is 1. The van der Waals surface area contributed by atoms with Crippen molar-refractivity contribution in [2.45, 2.75) is 26.2 Å². The smallest absolute Gasteiger partial charge is 0.256 e. The monoisotopic (exact) mass is 354 g/mol. The third-order valence-electron chi connectivity index (χ3n) is 4.67. The first-order chi connectivity index (χ1) is 12.0. The van der Waals surface area contributed by atoms with Gasteiger partial charge in [-0.1, -0.05) is 6.92 Å². The fourth-order valence-electron chi connectivity index (χ4n) is 3.35. The van der Waals surface area contributed by atoms with Gasteiger partial charge in [-0.2, -0.15) is 0 Å². The second-order valence-corrected chi connectivity index (χ2v) is 7.61. The summed E-state index contributed by atoms with van der Waals surface area (Å²) in [4.78, 5) is 32.9. The molecule has 128 valence electrons. The van der Waals surface area contributed by atoms with E-state index in [-0.39, 0.29) is 5.91 Å². The summed E-state index contributed by atoms with van der Waals surface area (Å²) in [5.41, 5.74) is 9.18. The van der Waals surface area contributed by atoms with Gasteiger partial charge in [-0.05, 0) is 48.9 Å². The summed E-state index contributed by atoms with van der Waals surface area (Å²) in [6.07, 6.45) is 4.39. The van der Waals surface area contributed by atoms with E-state index >= 15 is 0 Å². The average molecular weight is 354 g/mol. The molecule has 2 amide bonds. The number of anilines is 1. The van der Waals surface area contributed by atoms with Gasteiger partial charge in [0.15, 0.2) is 0 Å². The zero-order valence-electron chi connectivity index (χ0n) is 13.8. The molecule has 1 atom stereocenters. The van der Waals surface area contributed by atoms with Crippen LogP contribution in [0.2, 0.25) is 0 Å². The van der Waals surface area contributed by atoms with Crippen LogP contribution in [0.5, 0.6) is 0 Å². The third-order valence-corrected chi connectivity index (χ3v) is 5.84. The molecule has 0 aliphatic heterocycles. The molecule has 0 spiro atoms. The number of aromatic nitrogens is 2. The molecule has 0 radical (unpaired) electrons. The van der Waals surface area contributed by atoms with E-state index < -0.39 is 5.91 Å². The van der Waals surface area contributed by atoms with Gasteiger partial charge in [-0.25, -0.2) is 4.98 Å². The van der Waals surface area contributed by atoms with Crippen LogP contribution in [0.15, 0.2) is 24.5 Å². The lowest BCUT2D eigenvalue weighted by Crippen LogP contribution is -2.19. The number of H-pyrrole nitrogens is 1. The van der Waals surface area contributed by atoms with Crippen LogP contribution in [0, 0.1) is 5.92 Å². The summed E-state index contributed by atoms with van der Waals surface area (Å²) in [6, 6.07) is 5.26. The highest BCUT2D eigenvalue weighted by Crippen LogP contribution is 2.39. The molecule has 6 nitrogen and oxygen atoms in total. The molecular formula is C18H18N4O2S. The molecule has 0 unspecified atom stereocenters. The van der Waals surface area contributed by atoms with Crippen LogP contribution in [-0.2, 0) is 12.8 Å². The first-order valence-corrected chi connectivity index (χ1v) is 9.03. The minimum Gasteiger partial charge on any atom is -0.365 e. The summed E-state index contributed by atoms with van der Waals surface area (Å²) in [6.45, 7) is 2.20. The second-order valence-electron chi connectivity index (χ2n) is 6.51. The number of aromatic amines is 1. The Labute approximate surface area is 148 Å². The number of carbonyl (C=O) groups is 2. The zero-order valence-corrected chi connectivity index (χ0v) is 14.6. The molecule has 1 aromatic carbocycles. The third kappa shape index (κ3) is 2.80. The van der Waals surface area contributed by atoms with Gasteiger partial charge in [-0.3, -0.25) is 9.59 Å². The highest BCUT2D eigenvalue weighted by molar-refractivity contribution is 7.17. The summed E-state index contributed by atoms with van der Waals surface area (Å²) in [5.74, 6) is -0.157. The Balaban J connectivity index is 1.67. The molecule has 0 fully saturated rings. The lowest BCUT2D eigenvalue weighted by Gasteiger charge is -2.18. The van der Waals surface area contributed by atoms with Gasteiger partial charge in [0.25, 0.3) is 11.8 Å². The van der Waals surface area contributed by atoms with Crippen molar-refractivity contribution in [1.82, 2.24) is 9.97 Å². The Bertz CT molecular complexity index is 988. The van der Waals surface area contributed by atoms with Crippen molar-refractivity contribution in [3.8, 4) is 0 Å². The Kier molecular flexibility index (Phi) is 3.80. The largest absolute Gasteiger partial charge is 0.365 e. The minimum atomic E-state index is -0.480. The fraction of sp³-hybridized carbons (Fsp3) is 0.278. The van der Waals surface area contributed by atoms with Gasteiger partial charge >= 0.3 is 0 Å². The van der Waals surface area contributed by atoms with E-state index in [0.29, 0.717) is 22.0 Å². The first kappa shape index (κ1) is 15.8. The molecule has 0 saturated carbocycles. The number of imidazole rings is 1. The van der Waals surface area contributed by atoms with Crippen molar-refractivity contribution in [3.05, 3.63) is 46.1 Å². The van der Waals surface area contributed by atoms with Crippen molar-refractivity contribution in [2.75, 3.05) is 5.32 Å². The van der Waals surface area contributed by atoms with Crippen LogP contribution in [0.1, 0.15) is 44.5 Å². The van der Waals surface area contributed by atoms with Crippen LogP contribution < -0.4 is 11.1 Å². The molecule has 25 heavy (non-hydrogen) atoms. The van der Waals surface area contributed by atoms with Crippen molar-refractivity contribution in [2.24, 2.45) is 11.7 Å². The molecule has 0 bridgehead atoms. The number of rotatable bonds is 3. The maximum Gasteiger partial charge on any atom is 0.256 e. The number of nitrogens with one attached hydrogen (secondary N) is 2. The molecule has 0 saturated heterocycles. The van der Waals surface area contributed by atoms with Gasteiger partial charge in [0.1, 0.15) is 5.00 Å². The molecule has 4 N–H and O–H groups in total. The maximum atomic E-state index is 12.6. The Hall–Kier alpha value is -2.67. The van der Waals surface area contributed by atoms with E-state index in [1.54, 1.807) is 24.5 Å². The SMILES string of the molecule is C[C@@H]1CCc2c(sc(NC(=O)c3ccc4nc[nH]c4c3)c2C(N)=O)C1. The van der Waals surface area contributed by atoms with Crippen LogP contribution in [0.4, 0.5) is 5.00 Å². The van der Waals surface area contributed by atoms with Crippen molar-refractivity contribution >= 4 is 39.2 Å². The van der Waals surface area contributed by atoms with Crippen LogP contribution in [0.25, 0.3) is 11.0 Å². The molecule has 1 aliphatic carbocycles. The Morgan fingerprint density at radius 3 is 3.04 bits per heavy atom. The average Bonchev–Trinajstić information content (AvgIpc) is 3.17. The fourth-order valence-corrected chi connectivity index (χ4v) is 4.76. The van der Waals surface area contributed by atoms with E-state index in [1.165, 1.54) is 11.3 Å². The predicted octanol–water partition coefficient (Wildman–Crippen LogP) is 3.10. The van der Waals surface area contributed by atoms with Gasteiger partial charge in [0.05, 0.1) is 22.9 Å². The Morgan fingerprint density at radius 2 is 2.24 bits per heavy atom. The van der Waals surface area contributed by atoms with E-state index in [0.717, 1.165) is 40.7 Å². The highest BCUT2D eigenvalue weighted by atomic mass is 32.1. The quantitative estimate of drug-likeness (QED) is 0.673. The van der Waals surface area contributed by atoms with Gasteiger partial charge in [0.2, 0.25) is 0 Å². The van der Waals surface area contributed by atoms with Gasteiger partial charge < -0.3 is 16.0 Å². The van der Waals surface area contributed by atoms with Crippen molar-refractivity contribution < 1.29 is 9.59 Å². The number of hydrogen-bond donors (Lipinski definition) is 3. The van der Waals surface area contributed by atoms with Crippen LogP contribution >= 0.6 is 11.3 Å². The number of carbonyl (C=O) groups excluding carboxylic acids is 2. The normalized spacial score (nSPS) is 16.6. The summed E-state index contributed by atoms with van der Waals surface area (Å²) in [7, 11) is 0. The molecule has 2 aromatic heterocycles. The molecule has 2 heterocycles. The lowest BCUT2D eigenvalue weighted by atomic mass is 9.88. The van der Waals surface area contributed by atoms with Crippen LogP contribution in [-0.4, -0.2) is 21.8 Å². The number of benzene rings is 1. The molecule has 1 aliphatic rings. The van der Waals surface area contributed by atoms with Crippen molar-refractivity contribution in [1.29, 1.82) is 0 Å². The summed E-state index contributed by atoms with van der Waals surface area (Å²) < 4.78 is 0. The molecule has 3 aromatic rings. The topological polar surface area (TPSA) is 101 Å². The van der Waals surface area contributed by atoms with Gasteiger partial charge in [-0.15, -0.1) is 11.3 Å². The lowest BCUT2D eigenvalue weighted by molar-refractivity contribution is 0.1000. The van der Waals surface area contributed by atoms with Crippen LogP contribution in [0.3, 0.4) is 0 Å². The second kappa shape index (κ2) is 6.00. The first-order valence-electron chi connectivity index (χ1n) is 8.21. The number of nitrogens with two attached hydrogens (primary N) is 1. The standard InChI is InChI=1S/C18H18N4O2S/c1-9-2-4-11-14(6-9)25-18(15(11)16(19)23)22-17(24)10-3-5-12-13(7-10)21-8-20-12/h3,5,7-9H,2,4,6H2,1H3,(H2,19,23)(H,20,21)(H,22,24)/t9-/m1/s1. The zero-order chi connectivity index (χ0) is 17.6. The number of hydrogen-bond acceptors (Lipinski definition) is 4. The Morgan fingerprint density at radius 1 is 1.40 bits per heavy atom. The van der Waals surface area contributed by atoms with E-state index in [9.17, 15) is 9.59 Å². The molecule has 7 heteroatoms. The highest BCUT2D eigenvalue weighted by Gasteiger charge is 2.27. The van der Waals surface area contributed by atoms with Crippen molar-refractivity contribution in [3.63, 3.8) is 0 Å². The summed E-state index contributed by atoms with van der Waals surface area (Å²) >= 11 is 1.47. The number of nitrogens with zero attached hydrogens (tertiary/aromatic N) is 1. The predicted molar refractivity (Wildman–Crippen MR) is 98.1 cm³/mol. The van der Waals surface area contributed by atoms with E-state index in [4.69, 9.17) is 5.73 Å². The number of thiophene rings is 1. The van der Waals surface area contributed by atoms with E-state index in [1.807, 2.05) is 0 Å². The van der Waals surface area contributed by atoms with Gasteiger partial charge in [0, 0.05) is 10.4 Å².